The van der Waals surface area contributed by atoms with E-state index in [-0.39, 0.29) is 17.8 Å². The molecule has 0 unspecified atom stereocenters. The number of aromatic nitrogens is 3. The Morgan fingerprint density at radius 2 is 1.92 bits per heavy atom. The third-order valence-electron chi connectivity index (χ3n) is 3.70. The van der Waals surface area contributed by atoms with Crippen LogP contribution in [0.15, 0.2) is 47.6 Å². The lowest BCUT2D eigenvalue weighted by Crippen LogP contribution is -2.13. The Kier molecular flexibility index (Phi) is 5.78. The summed E-state index contributed by atoms with van der Waals surface area (Å²) >= 11 is 1.30. The molecule has 7 heteroatoms. The number of carbonyl (C=O) groups excluding carboxylic acids is 1. The van der Waals surface area contributed by atoms with Gasteiger partial charge in [0.25, 0.3) is 0 Å². The second kappa shape index (κ2) is 8.23. The third-order valence-corrected chi connectivity index (χ3v) is 4.69. The fourth-order valence-electron chi connectivity index (χ4n) is 2.42. The van der Waals surface area contributed by atoms with E-state index in [1.165, 1.54) is 17.1 Å². The summed E-state index contributed by atoms with van der Waals surface area (Å²) in [7, 11) is 1.86. The molecule has 0 aliphatic carbocycles. The van der Waals surface area contributed by atoms with Gasteiger partial charge in [-0.05, 0) is 36.8 Å². The highest BCUT2D eigenvalue weighted by molar-refractivity contribution is 7.99. The summed E-state index contributed by atoms with van der Waals surface area (Å²) in [5.41, 5.74) is 0. The van der Waals surface area contributed by atoms with Gasteiger partial charge in [0.05, 0.1) is 11.9 Å². The molecule has 136 valence electrons. The van der Waals surface area contributed by atoms with Gasteiger partial charge in [-0.15, -0.1) is 10.2 Å². The van der Waals surface area contributed by atoms with E-state index in [4.69, 9.17) is 9.47 Å². The van der Waals surface area contributed by atoms with Crippen LogP contribution < -0.4 is 4.74 Å². The van der Waals surface area contributed by atoms with Gasteiger partial charge in [0.15, 0.2) is 11.0 Å². The molecule has 3 rings (SSSR count). The largest absolute Gasteiger partial charge is 0.486 e. The van der Waals surface area contributed by atoms with Gasteiger partial charge in [0.1, 0.15) is 12.4 Å². The molecule has 0 saturated carbocycles. The van der Waals surface area contributed by atoms with Gasteiger partial charge in [-0.25, -0.2) is 0 Å². The number of fused-ring (bicyclic) bond motifs is 1. The summed E-state index contributed by atoms with van der Waals surface area (Å²) in [5.74, 6) is 1.41. The van der Waals surface area contributed by atoms with E-state index in [2.05, 4.69) is 22.3 Å². The first-order valence-corrected chi connectivity index (χ1v) is 9.33. The van der Waals surface area contributed by atoms with Crippen molar-refractivity contribution in [1.29, 1.82) is 0 Å². The molecule has 0 fully saturated rings. The molecule has 26 heavy (non-hydrogen) atoms. The number of carbonyl (C=O) groups is 1. The fourth-order valence-corrected chi connectivity index (χ4v) is 3.13. The van der Waals surface area contributed by atoms with E-state index in [9.17, 15) is 4.79 Å². The second-order valence-corrected chi connectivity index (χ2v) is 7.03. The smallest absolute Gasteiger partial charge is 0.316 e. The van der Waals surface area contributed by atoms with Gasteiger partial charge in [-0.2, -0.15) is 0 Å². The van der Waals surface area contributed by atoms with Crippen LogP contribution in [0.2, 0.25) is 0 Å². The Morgan fingerprint density at radius 1 is 1.15 bits per heavy atom. The van der Waals surface area contributed by atoms with Crippen molar-refractivity contribution >= 4 is 28.5 Å². The van der Waals surface area contributed by atoms with Crippen LogP contribution in [0.4, 0.5) is 0 Å². The molecule has 3 aromatic rings. The topological polar surface area (TPSA) is 66.2 Å². The van der Waals surface area contributed by atoms with Gasteiger partial charge in [-0.1, -0.05) is 42.1 Å². The fraction of sp³-hybridized carbons (Fsp3) is 0.316. The highest BCUT2D eigenvalue weighted by atomic mass is 32.2. The van der Waals surface area contributed by atoms with Crippen molar-refractivity contribution in [3.63, 3.8) is 0 Å². The Labute approximate surface area is 156 Å². The molecule has 0 aliphatic heterocycles. The summed E-state index contributed by atoms with van der Waals surface area (Å²) < 4.78 is 12.8. The zero-order valence-corrected chi connectivity index (χ0v) is 15.8. The maximum absolute atomic E-state index is 11.6. The summed E-state index contributed by atoms with van der Waals surface area (Å²) in [4.78, 5) is 11.6. The average Bonchev–Trinajstić information content (AvgIpc) is 2.97. The predicted octanol–water partition coefficient (Wildman–Crippen LogP) is 3.59. The highest BCUT2D eigenvalue weighted by Crippen LogP contribution is 2.22. The lowest BCUT2D eigenvalue weighted by molar-refractivity contribution is -0.144. The second-order valence-electron chi connectivity index (χ2n) is 6.08. The van der Waals surface area contributed by atoms with E-state index in [1.807, 2.05) is 55.8 Å². The van der Waals surface area contributed by atoms with Crippen molar-refractivity contribution in [3.8, 4) is 5.75 Å². The monoisotopic (exact) mass is 371 g/mol. The molecular formula is C19H21N3O3S. The number of ether oxygens (including phenoxy) is 2. The normalized spacial score (nSPS) is 11.1. The number of benzene rings is 2. The standard InChI is InChI=1S/C19H21N3O3S/c1-13(2)25-18(23)12-26-19-21-20-17(22(19)3)11-24-16-9-8-14-6-4-5-7-15(14)10-16/h4-10,13H,11-12H2,1-3H3. The minimum Gasteiger partial charge on any atom is -0.486 e. The van der Waals surface area contributed by atoms with Crippen molar-refractivity contribution in [2.24, 2.45) is 7.05 Å². The zero-order valence-electron chi connectivity index (χ0n) is 15.0. The average molecular weight is 371 g/mol. The maximum atomic E-state index is 11.6. The molecule has 0 saturated heterocycles. The Hall–Kier alpha value is -2.54. The lowest BCUT2D eigenvalue weighted by Gasteiger charge is -2.08. The molecule has 6 nitrogen and oxygen atoms in total. The van der Waals surface area contributed by atoms with E-state index in [0.717, 1.165) is 11.1 Å². The number of nitrogens with zero attached hydrogens (tertiary/aromatic N) is 3. The Bertz CT molecular complexity index is 908. The minimum atomic E-state index is -0.262. The third kappa shape index (κ3) is 4.54. The van der Waals surface area contributed by atoms with Gasteiger partial charge in [0, 0.05) is 7.05 Å². The van der Waals surface area contributed by atoms with E-state index >= 15 is 0 Å². The highest BCUT2D eigenvalue weighted by Gasteiger charge is 2.13. The first kappa shape index (κ1) is 18.3. The van der Waals surface area contributed by atoms with Crippen LogP contribution in [-0.2, 0) is 23.2 Å². The molecule has 0 atom stereocenters. The zero-order chi connectivity index (χ0) is 18.5. The number of hydrogen-bond donors (Lipinski definition) is 0. The quantitative estimate of drug-likeness (QED) is 0.467. The number of esters is 1. The number of rotatable bonds is 7. The summed E-state index contributed by atoms with van der Waals surface area (Å²) in [6.07, 6.45) is -0.117. The number of thioether (sulfide) groups is 1. The van der Waals surface area contributed by atoms with Crippen molar-refractivity contribution in [2.75, 3.05) is 5.75 Å². The van der Waals surface area contributed by atoms with E-state index in [1.54, 1.807) is 0 Å². The van der Waals surface area contributed by atoms with Crippen LogP contribution in [0.5, 0.6) is 5.75 Å². The van der Waals surface area contributed by atoms with Crippen LogP contribution in [0.25, 0.3) is 10.8 Å². The molecule has 1 heterocycles. The van der Waals surface area contributed by atoms with Gasteiger partial charge in [0.2, 0.25) is 0 Å². The predicted molar refractivity (Wildman–Crippen MR) is 101 cm³/mol. The molecular weight excluding hydrogens is 350 g/mol. The first-order chi connectivity index (χ1) is 12.5. The van der Waals surface area contributed by atoms with Crippen molar-refractivity contribution in [2.45, 2.75) is 31.7 Å². The van der Waals surface area contributed by atoms with Crippen LogP contribution in [0.3, 0.4) is 0 Å². The van der Waals surface area contributed by atoms with E-state index < -0.39 is 0 Å². The van der Waals surface area contributed by atoms with Crippen LogP contribution in [-0.4, -0.2) is 32.6 Å². The summed E-state index contributed by atoms with van der Waals surface area (Å²) in [6.45, 7) is 3.96. The summed E-state index contributed by atoms with van der Waals surface area (Å²) in [5, 5.41) is 11.2. The van der Waals surface area contributed by atoms with E-state index in [0.29, 0.717) is 17.6 Å². The Morgan fingerprint density at radius 3 is 2.69 bits per heavy atom. The molecule has 0 amide bonds. The van der Waals surface area contributed by atoms with Crippen LogP contribution in [0.1, 0.15) is 19.7 Å². The van der Waals surface area contributed by atoms with Crippen molar-refractivity contribution in [1.82, 2.24) is 14.8 Å². The molecule has 1 aromatic heterocycles. The van der Waals surface area contributed by atoms with Gasteiger partial charge < -0.3 is 14.0 Å². The van der Waals surface area contributed by atoms with Crippen molar-refractivity contribution < 1.29 is 14.3 Å². The maximum Gasteiger partial charge on any atom is 0.316 e. The van der Waals surface area contributed by atoms with Gasteiger partial charge >= 0.3 is 5.97 Å². The van der Waals surface area contributed by atoms with Crippen LogP contribution in [0, 0.1) is 0 Å². The van der Waals surface area contributed by atoms with Crippen LogP contribution >= 0.6 is 11.8 Å². The molecule has 0 radical (unpaired) electrons. The molecule has 0 N–H and O–H groups in total. The Balaban J connectivity index is 1.59. The molecule has 0 bridgehead atoms. The minimum absolute atomic E-state index is 0.117. The molecule has 0 aliphatic rings. The summed E-state index contributed by atoms with van der Waals surface area (Å²) in [6, 6.07) is 14.1. The van der Waals surface area contributed by atoms with Gasteiger partial charge in [-0.3, -0.25) is 4.79 Å². The molecule has 0 spiro atoms. The number of hydrogen-bond acceptors (Lipinski definition) is 6. The SMILES string of the molecule is CC(C)OC(=O)CSc1nnc(COc2ccc3ccccc3c2)n1C. The van der Waals surface area contributed by atoms with Crippen molar-refractivity contribution in [3.05, 3.63) is 48.3 Å². The first-order valence-electron chi connectivity index (χ1n) is 8.35. The molecule has 2 aromatic carbocycles. The lowest BCUT2D eigenvalue weighted by atomic mass is 10.1.